The SMILES string of the molecule is CCCCCCCCC(C1=CCCCC1)C(OOCCC)(OOCCC)OOCCC. The van der Waals surface area contributed by atoms with E-state index in [-0.39, 0.29) is 5.92 Å². The first kappa shape index (κ1) is 28.5. The van der Waals surface area contributed by atoms with Gasteiger partial charge in [-0.05, 0) is 51.4 Å². The quantitative estimate of drug-likeness (QED) is 0.0598. The highest BCUT2D eigenvalue weighted by molar-refractivity contribution is 5.11. The van der Waals surface area contributed by atoms with Gasteiger partial charge in [0.05, 0.1) is 25.7 Å². The van der Waals surface area contributed by atoms with Gasteiger partial charge in [0.2, 0.25) is 0 Å². The van der Waals surface area contributed by atoms with E-state index in [1.807, 2.05) is 20.8 Å². The summed E-state index contributed by atoms with van der Waals surface area (Å²) in [4.78, 5) is 34.0. The van der Waals surface area contributed by atoms with Gasteiger partial charge in [0.1, 0.15) is 0 Å². The molecule has 1 aliphatic rings. The Kier molecular flexibility index (Phi) is 17.5. The first-order valence-corrected chi connectivity index (χ1v) is 12.8. The van der Waals surface area contributed by atoms with Crippen LogP contribution in [0.1, 0.15) is 118 Å². The van der Waals surface area contributed by atoms with Crippen molar-refractivity contribution in [1.29, 1.82) is 0 Å². The van der Waals surface area contributed by atoms with Crippen LogP contribution in [0.3, 0.4) is 0 Å². The van der Waals surface area contributed by atoms with Gasteiger partial charge < -0.3 is 0 Å². The van der Waals surface area contributed by atoms with Crippen LogP contribution in [0.25, 0.3) is 0 Å². The molecule has 0 aromatic carbocycles. The number of hydrogen-bond acceptors (Lipinski definition) is 6. The van der Waals surface area contributed by atoms with Crippen molar-refractivity contribution in [3.8, 4) is 0 Å². The molecule has 0 amide bonds. The van der Waals surface area contributed by atoms with Crippen molar-refractivity contribution in [3.05, 3.63) is 11.6 Å². The van der Waals surface area contributed by atoms with Crippen molar-refractivity contribution >= 4 is 0 Å². The smallest absolute Gasteiger partial charge is 0.231 e. The lowest BCUT2D eigenvalue weighted by Crippen LogP contribution is -2.48. The lowest BCUT2D eigenvalue weighted by molar-refractivity contribution is -0.641. The van der Waals surface area contributed by atoms with E-state index in [0.29, 0.717) is 19.8 Å². The zero-order chi connectivity index (χ0) is 22.6. The van der Waals surface area contributed by atoms with E-state index in [0.717, 1.165) is 51.4 Å². The number of rotatable bonds is 21. The Labute approximate surface area is 190 Å². The van der Waals surface area contributed by atoms with E-state index < -0.39 is 5.97 Å². The molecule has 0 aromatic rings. The van der Waals surface area contributed by atoms with Crippen LogP contribution >= 0.6 is 0 Å². The topological polar surface area (TPSA) is 55.4 Å². The maximum Gasteiger partial charge on any atom is 0.371 e. The summed E-state index contributed by atoms with van der Waals surface area (Å²) in [6.45, 7) is 9.67. The van der Waals surface area contributed by atoms with Gasteiger partial charge in [-0.15, -0.1) is 0 Å². The molecule has 6 nitrogen and oxygen atoms in total. The molecule has 6 heteroatoms. The summed E-state index contributed by atoms with van der Waals surface area (Å²) in [6, 6.07) is 0. The third-order valence-corrected chi connectivity index (χ3v) is 5.43. The Balaban J connectivity index is 3.02. The molecule has 184 valence electrons. The molecule has 0 aliphatic heterocycles. The van der Waals surface area contributed by atoms with Gasteiger partial charge in [-0.2, -0.15) is 14.7 Å². The zero-order valence-electron chi connectivity index (χ0n) is 20.6. The molecule has 0 saturated heterocycles. The molecule has 0 spiro atoms. The Morgan fingerprint density at radius 3 is 1.74 bits per heavy atom. The van der Waals surface area contributed by atoms with E-state index in [2.05, 4.69) is 13.0 Å². The molecule has 0 fully saturated rings. The minimum absolute atomic E-state index is 0.149. The van der Waals surface area contributed by atoms with Gasteiger partial charge in [0.15, 0.2) is 0 Å². The second-order valence-corrected chi connectivity index (χ2v) is 8.45. The van der Waals surface area contributed by atoms with Gasteiger partial charge in [0.25, 0.3) is 0 Å². The van der Waals surface area contributed by atoms with E-state index in [4.69, 9.17) is 29.3 Å². The maximum atomic E-state index is 5.84. The fourth-order valence-corrected chi connectivity index (χ4v) is 3.73. The maximum absolute atomic E-state index is 5.84. The van der Waals surface area contributed by atoms with Crippen molar-refractivity contribution in [2.24, 2.45) is 5.92 Å². The minimum atomic E-state index is -1.56. The van der Waals surface area contributed by atoms with Gasteiger partial charge in [-0.25, -0.2) is 14.7 Å². The Bertz CT molecular complexity index is 413. The molecule has 1 rings (SSSR count). The molecule has 0 radical (unpaired) electrons. The Morgan fingerprint density at radius 2 is 1.26 bits per heavy atom. The summed E-state index contributed by atoms with van der Waals surface area (Å²) in [5, 5.41) is 0. The third kappa shape index (κ3) is 11.8. The molecule has 0 aromatic heterocycles. The van der Waals surface area contributed by atoms with E-state index >= 15 is 0 Å². The molecule has 0 bridgehead atoms. The van der Waals surface area contributed by atoms with E-state index in [1.165, 1.54) is 44.1 Å². The van der Waals surface area contributed by atoms with Gasteiger partial charge in [-0.1, -0.05) is 77.9 Å². The van der Waals surface area contributed by atoms with Crippen LogP contribution in [0, 0.1) is 5.92 Å². The third-order valence-electron chi connectivity index (χ3n) is 5.43. The molecular weight excluding hydrogens is 396 g/mol. The molecular formula is C25H48O6. The summed E-state index contributed by atoms with van der Waals surface area (Å²) < 4.78 is 0. The highest BCUT2D eigenvalue weighted by Gasteiger charge is 2.49. The first-order valence-electron chi connectivity index (χ1n) is 12.8. The molecule has 1 atom stereocenters. The van der Waals surface area contributed by atoms with Crippen LogP contribution in [0.5, 0.6) is 0 Å². The minimum Gasteiger partial charge on any atom is -0.231 e. The zero-order valence-corrected chi connectivity index (χ0v) is 20.6. The highest BCUT2D eigenvalue weighted by atomic mass is 17.4. The van der Waals surface area contributed by atoms with Crippen molar-refractivity contribution in [2.45, 2.75) is 124 Å². The van der Waals surface area contributed by atoms with Crippen molar-refractivity contribution < 1.29 is 29.3 Å². The second kappa shape index (κ2) is 19.0. The number of unbranched alkanes of at least 4 members (excludes halogenated alkanes) is 5. The monoisotopic (exact) mass is 444 g/mol. The molecule has 0 heterocycles. The predicted molar refractivity (Wildman–Crippen MR) is 123 cm³/mol. The Morgan fingerprint density at radius 1 is 0.710 bits per heavy atom. The lowest BCUT2D eigenvalue weighted by atomic mass is 9.84. The van der Waals surface area contributed by atoms with Crippen LogP contribution in [0.4, 0.5) is 0 Å². The van der Waals surface area contributed by atoms with E-state index in [1.54, 1.807) is 0 Å². The average Bonchev–Trinajstić information content (AvgIpc) is 2.79. The summed E-state index contributed by atoms with van der Waals surface area (Å²) in [6.07, 6.45) is 17.5. The second-order valence-electron chi connectivity index (χ2n) is 8.45. The molecule has 0 N–H and O–H groups in total. The van der Waals surface area contributed by atoms with Crippen LogP contribution in [-0.2, 0) is 29.3 Å². The van der Waals surface area contributed by atoms with Gasteiger partial charge >= 0.3 is 5.97 Å². The molecule has 31 heavy (non-hydrogen) atoms. The largest absolute Gasteiger partial charge is 0.371 e. The van der Waals surface area contributed by atoms with Crippen molar-refractivity contribution in [3.63, 3.8) is 0 Å². The van der Waals surface area contributed by atoms with Gasteiger partial charge in [-0.3, -0.25) is 0 Å². The Hall–Kier alpha value is -0.500. The summed E-state index contributed by atoms with van der Waals surface area (Å²) >= 11 is 0. The number of allylic oxidation sites excluding steroid dienone is 1. The van der Waals surface area contributed by atoms with Crippen LogP contribution in [0.15, 0.2) is 11.6 Å². The van der Waals surface area contributed by atoms with Crippen molar-refractivity contribution in [1.82, 2.24) is 0 Å². The molecule has 0 saturated carbocycles. The van der Waals surface area contributed by atoms with E-state index in [9.17, 15) is 0 Å². The summed E-state index contributed by atoms with van der Waals surface area (Å²) in [7, 11) is 0. The predicted octanol–water partition coefficient (Wildman–Crippen LogP) is 7.58. The fourth-order valence-electron chi connectivity index (χ4n) is 3.73. The standard InChI is InChI=1S/C25H48O6/c1-5-9-10-11-12-16-19-24(23-17-14-13-15-18-23)25(29-26-20-6-2,30-27-21-7-3)31-28-22-8-4/h17,24H,5-16,18-22H2,1-4H3. The number of hydrogen-bond donors (Lipinski definition) is 0. The normalized spacial score (nSPS) is 15.8. The first-order chi connectivity index (χ1) is 15.2. The molecule has 1 unspecified atom stereocenters. The van der Waals surface area contributed by atoms with Crippen LogP contribution < -0.4 is 0 Å². The van der Waals surface area contributed by atoms with Crippen LogP contribution in [0.2, 0.25) is 0 Å². The fraction of sp³-hybridized carbons (Fsp3) is 0.920. The van der Waals surface area contributed by atoms with Crippen molar-refractivity contribution in [2.75, 3.05) is 19.8 Å². The average molecular weight is 445 g/mol. The summed E-state index contributed by atoms with van der Waals surface area (Å²) in [5.41, 5.74) is 1.29. The lowest BCUT2D eigenvalue weighted by Gasteiger charge is -2.37. The summed E-state index contributed by atoms with van der Waals surface area (Å²) in [5.74, 6) is -1.71. The van der Waals surface area contributed by atoms with Gasteiger partial charge in [0, 0.05) is 0 Å². The molecule has 1 aliphatic carbocycles. The highest BCUT2D eigenvalue weighted by Crippen LogP contribution is 2.40. The van der Waals surface area contributed by atoms with Crippen LogP contribution in [-0.4, -0.2) is 25.8 Å².